The zero-order chi connectivity index (χ0) is 8.27. The monoisotopic (exact) mass is 154 g/mol. The van der Waals surface area contributed by atoms with Gasteiger partial charge < -0.3 is 5.11 Å². The summed E-state index contributed by atoms with van der Waals surface area (Å²) in [6.07, 6.45) is 6.72. The second-order valence-electron chi connectivity index (χ2n) is 3.68. The first-order valence-corrected chi connectivity index (χ1v) is 4.53. The molecule has 3 atom stereocenters. The van der Waals surface area contributed by atoms with Crippen LogP contribution in [0.2, 0.25) is 0 Å². The summed E-state index contributed by atoms with van der Waals surface area (Å²) in [5, 5.41) is 8.76. The molecule has 0 radical (unpaired) electrons. The molecule has 0 saturated carbocycles. The van der Waals surface area contributed by atoms with Gasteiger partial charge in [-0.3, -0.25) is 0 Å². The SMILES string of the molecule is CC1C=CCC1C(C)CCO. The minimum Gasteiger partial charge on any atom is -0.396 e. The fourth-order valence-electron chi connectivity index (χ4n) is 1.98. The molecule has 1 aliphatic rings. The first-order valence-electron chi connectivity index (χ1n) is 4.53. The minimum absolute atomic E-state index is 0.338. The highest BCUT2D eigenvalue weighted by Crippen LogP contribution is 2.32. The summed E-state index contributed by atoms with van der Waals surface area (Å²) in [4.78, 5) is 0. The Hall–Kier alpha value is -0.300. The molecule has 1 heteroatoms. The van der Waals surface area contributed by atoms with Crippen LogP contribution in [0.5, 0.6) is 0 Å². The minimum atomic E-state index is 0.338. The van der Waals surface area contributed by atoms with E-state index in [1.54, 1.807) is 0 Å². The molecule has 0 aliphatic heterocycles. The lowest BCUT2D eigenvalue weighted by Crippen LogP contribution is -2.15. The third-order valence-electron chi connectivity index (χ3n) is 2.84. The van der Waals surface area contributed by atoms with Gasteiger partial charge in [0.15, 0.2) is 0 Å². The van der Waals surface area contributed by atoms with Crippen molar-refractivity contribution in [1.29, 1.82) is 0 Å². The van der Waals surface area contributed by atoms with E-state index in [4.69, 9.17) is 5.11 Å². The van der Waals surface area contributed by atoms with E-state index in [0.717, 1.165) is 18.3 Å². The van der Waals surface area contributed by atoms with Gasteiger partial charge in [-0.05, 0) is 30.6 Å². The van der Waals surface area contributed by atoms with Gasteiger partial charge in [0.05, 0.1) is 0 Å². The Morgan fingerprint density at radius 2 is 2.36 bits per heavy atom. The molecule has 0 saturated heterocycles. The van der Waals surface area contributed by atoms with E-state index in [9.17, 15) is 0 Å². The highest BCUT2D eigenvalue weighted by Gasteiger charge is 2.23. The summed E-state index contributed by atoms with van der Waals surface area (Å²) < 4.78 is 0. The molecule has 64 valence electrons. The van der Waals surface area contributed by atoms with E-state index < -0.39 is 0 Å². The van der Waals surface area contributed by atoms with Crippen LogP contribution in [0.4, 0.5) is 0 Å². The first-order chi connectivity index (χ1) is 5.25. The third kappa shape index (κ3) is 2.06. The Balaban J connectivity index is 2.35. The van der Waals surface area contributed by atoms with Crippen LogP contribution in [0, 0.1) is 17.8 Å². The number of aliphatic hydroxyl groups is 1. The largest absolute Gasteiger partial charge is 0.396 e. The molecule has 0 amide bonds. The van der Waals surface area contributed by atoms with E-state index in [2.05, 4.69) is 26.0 Å². The molecule has 0 fully saturated rings. The maximum atomic E-state index is 8.76. The van der Waals surface area contributed by atoms with E-state index >= 15 is 0 Å². The fourth-order valence-corrected chi connectivity index (χ4v) is 1.98. The second kappa shape index (κ2) is 3.91. The van der Waals surface area contributed by atoms with Crippen molar-refractivity contribution in [2.75, 3.05) is 6.61 Å². The molecule has 0 aromatic carbocycles. The molecule has 0 spiro atoms. The first kappa shape index (κ1) is 8.79. The van der Waals surface area contributed by atoms with Crippen molar-refractivity contribution in [3.8, 4) is 0 Å². The highest BCUT2D eigenvalue weighted by molar-refractivity contribution is 5.00. The molecule has 0 heterocycles. The molecular formula is C10H18O. The lowest BCUT2D eigenvalue weighted by molar-refractivity contribution is 0.215. The van der Waals surface area contributed by atoms with Gasteiger partial charge in [-0.1, -0.05) is 26.0 Å². The topological polar surface area (TPSA) is 20.2 Å². The van der Waals surface area contributed by atoms with E-state index in [0.29, 0.717) is 12.5 Å². The van der Waals surface area contributed by atoms with Crippen molar-refractivity contribution in [3.05, 3.63) is 12.2 Å². The van der Waals surface area contributed by atoms with Crippen molar-refractivity contribution >= 4 is 0 Å². The zero-order valence-corrected chi connectivity index (χ0v) is 7.46. The lowest BCUT2D eigenvalue weighted by Gasteiger charge is -2.22. The summed E-state index contributed by atoms with van der Waals surface area (Å²) in [5.41, 5.74) is 0. The average Bonchev–Trinajstić information content (AvgIpc) is 2.36. The van der Waals surface area contributed by atoms with Gasteiger partial charge in [0.25, 0.3) is 0 Å². The van der Waals surface area contributed by atoms with Gasteiger partial charge in [0, 0.05) is 6.61 Å². The van der Waals surface area contributed by atoms with Gasteiger partial charge >= 0.3 is 0 Å². The van der Waals surface area contributed by atoms with Crippen LogP contribution in [0.3, 0.4) is 0 Å². The van der Waals surface area contributed by atoms with Gasteiger partial charge in [0.1, 0.15) is 0 Å². The zero-order valence-electron chi connectivity index (χ0n) is 7.46. The normalized spacial score (nSPS) is 32.6. The smallest absolute Gasteiger partial charge is 0.0433 e. The third-order valence-corrected chi connectivity index (χ3v) is 2.84. The lowest BCUT2D eigenvalue weighted by atomic mass is 9.84. The molecular weight excluding hydrogens is 136 g/mol. The maximum Gasteiger partial charge on any atom is 0.0433 e. The van der Waals surface area contributed by atoms with Gasteiger partial charge in [-0.25, -0.2) is 0 Å². The van der Waals surface area contributed by atoms with Crippen LogP contribution in [-0.2, 0) is 0 Å². The Morgan fingerprint density at radius 1 is 1.64 bits per heavy atom. The number of hydrogen-bond donors (Lipinski definition) is 1. The summed E-state index contributed by atoms with van der Waals surface area (Å²) in [7, 11) is 0. The van der Waals surface area contributed by atoms with Crippen molar-refractivity contribution in [3.63, 3.8) is 0 Å². The molecule has 0 bridgehead atoms. The molecule has 3 unspecified atom stereocenters. The van der Waals surface area contributed by atoms with Crippen LogP contribution in [0.15, 0.2) is 12.2 Å². The average molecular weight is 154 g/mol. The summed E-state index contributed by atoms with van der Waals surface area (Å²) in [6.45, 7) is 4.84. The highest BCUT2D eigenvalue weighted by atomic mass is 16.3. The van der Waals surface area contributed by atoms with Crippen molar-refractivity contribution in [2.24, 2.45) is 17.8 Å². The Bertz CT molecular complexity index is 140. The summed E-state index contributed by atoms with van der Waals surface area (Å²) >= 11 is 0. The molecule has 11 heavy (non-hydrogen) atoms. The van der Waals surface area contributed by atoms with Crippen LogP contribution >= 0.6 is 0 Å². The van der Waals surface area contributed by atoms with E-state index in [1.807, 2.05) is 0 Å². The second-order valence-corrected chi connectivity index (χ2v) is 3.68. The van der Waals surface area contributed by atoms with E-state index in [1.165, 1.54) is 6.42 Å². The van der Waals surface area contributed by atoms with Gasteiger partial charge in [0.2, 0.25) is 0 Å². The Kier molecular flexibility index (Phi) is 3.13. The number of aliphatic hydroxyl groups excluding tert-OH is 1. The molecule has 1 N–H and O–H groups in total. The Labute approximate surface area is 69.1 Å². The number of hydrogen-bond acceptors (Lipinski definition) is 1. The van der Waals surface area contributed by atoms with Gasteiger partial charge in [-0.15, -0.1) is 0 Å². The van der Waals surface area contributed by atoms with Gasteiger partial charge in [-0.2, -0.15) is 0 Å². The molecule has 1 rings (SSSR count). The van der Waals surface area contributed by atoms with E-state index in [-0.39, 0.29) is 0 Å². The van der Waals surface area contributed by atoms with Crippen molar-refractivity contribution in [1.82, 2.24) is 0 Å². The number of allylic oxidation sites excluding steroid dienone is 2. The quantitative estimate of drug-likeness (QED) is 0.618. The Morgan fingerprint density at radius 3 is 2.82 bits per heavy atom. The maximum absolute atomic E-state index is 8.76. The predicted octanol–water partition coefficient (Wildman–Crippen LogP) is 2.22. The summed E-state index contributed by atoms with van der Waals surface area (Å²) in [6, 6.07) is 0. The molecule has 1 nitrogen and oxygen atoms in total. The predicted molar refractivity (Wildman–Crippen MR) is 47.3 cm³/mol. The number of rotatable bonds is 3. The standard InChI is InChI=1S/C10H18O/c1-8-4-3-5-10(8)9(2)6-7-11/h3-4,8-11H,5-7H2,1-2H3. The molecule has 0 aromatic rings. The van der Waals surface area contributed by atoms with Crippen molar-refractivity contribution < 1.29 is 5.11 Å². The van der Waals surface area contributed by atoms with Crippen LogP contribution in [0.25, 0.3) is 0 Å². The summed E-state index contributed by atoms with van der Waals surface area (Å²) in [5.74, 6) is 2.17. The molecule has 0 aromatic heterocycles. The fraction of sp³-hybridized carbons (Fsp3) is 0.800. The molecule has 1 aliphatic carbocycles. The van der Waals surface area contributed by atoms with Crippen molar-refractivity contribution in [2.45, 2.75) is 26.7 Å². The van der Waals surface area contributed by atoms with Crippen LogP contribution in [0.1, 0.15) is 26.7 Å². The van der Waals surface area contributed by atoms with Crippen LogP contribution < -0.4 is 0 Å². The van der Waals surface area contributed by atoms with Crippen LogP contribution in [-0.4, -0.2) is 11.7 Å².